The Morgan fingerprint density at radius 3 is 1.05 bits per heavy atom. The number of rotatable bonds is 12. The summed E-state index contributed by atoms with van der Waals surface area (Å²) < 4.78 is 39.0. The lowest BCUT2D eigenvalue weighted by Gasteiger charge is -2.06. The van der Waals surface area contributed by atoms with Crippen LogP contribution in [0.3, 0.4) is 0 Å². The summed E-state index contributed by atoms with van der Waals surface area (Å²) in [6, 6.07) is 32.5. The van der Waals surface area contributed by atoms with E-state index in [1.807, 2.05) is 11.3 Å². The van der Waals surface area contributed by atoms with Gasteiger partial charge in [-0.1, -0.05) is 88.6 Å². The van der Waals surface area contributed by atoms with Gasteiger partial charge in [0.25, 0.3) is 0 Å². The highest BCUT2D eigenvalue weighted by Crippen LogP contribution is 2.38. The maximum atomic E-state index is 9.75. The Balaban J connectivity index is 0.000000850. The Bertz CT molecular complexity index is 1140. The van der Waals surface area contributed by atoms with Gasteiger partial charge in [-0.2, -0.15) is 0 Å². The Kier molecular flexibility index (Phi) is 13.1. The normalized spacial score (nSPS) is 11.2. The van der Waals surface area contributed by atoms with Crippen molar-refractivity contribution in [2.75, 3.05) is 0 Å². The first-order valence-corrected chi connectivity index (χ1v) is 15.6. The summed E-state index contributed by atoms with van der Waals surface area (Å²) in [7, 11) is -6.00. The van der Waals surface area contributed by atoms with Crippen LogP contribution in [0.2, 0.25) is 0 Å². The maximum absolute atomic E-state index is 9.75. The fourth-order valence-corrected chi connectivity index (χ4v) is 5.75. The summed E-state index contributed by atoms with van der Waals surface area (Å²) in [6.45, 7) is 6.78. The standard InChI is InChI=1S/C35H41S.BF4/c1-4-7-10-27-13-19-30(20-14-27)33-25-34(31-21-15-28(16-22-31)11-8-5-2)36-35(26-33)32-23-17-29(18-24-32)12-9-6-3;2-1(3,4)5/h13-26H,4-12H2,1-3H3;/q+1;-1. The van der Waals surface area contributed by atoms with Gasteiger partial charge in [0.15, 0.2) is 0 Å². The Hall–Kier alpha value is -2.99. The summed E-state index contributed by atoms with van der Waals surface area (Å²) >= 11 is 1.90. The Morgan fingerprint density at radius 2 is 0.756 bits per heavy atom. The number of hydrogen-bond acceptors (Lipinski definition) is 0. The van der Waals surface area contributed by atoms with Crippen molar-refractivity contribution < 1.29 is 17.3 Å². The number of benzene rings is 3. The van der Waals surface area contributed by atoms with E-state index in [-0.39, 0.29) is 0 Å². The van der Waals surface area contributed by atoms with Crippen molar-refractivity contribution in [2.24, 2.45) is 0 Å². The predicted molar refractivity (Wildman–Crippen MR) is 171 cm³/mol. The summed E-state index contributed by atoms with van der Waals surface area (Å²) in [5.41, 5.74) is 9.52. The van der Waals surface area contributed by atoms with E-state index < -0.39 is 7.25 Å². The van der Waals surface area contributed by atoms with Crippen LogP contribution in [0.15, 0.2) is 84.9 Å². The van der Waals surface area contributed by atoms with Gasteiger partial charge in [-0.15, -0.1) is 0 Å². The number of unbranched alkanes of at least 4 members (excludes halogenated alkanes) is 3. The SMILES string of the molecule is CCCCc1ccc(-c2cc(-c3ccc(CCCC)cc3)[s+]c(-c3ccc(CCCC)cc3)c2)cc1.F[B-](F)(F)F. The van der Waals surface area contributed by atoms with Gasteiger partial charge in [0, 0.05) is 23.3 Å². The van der Waals surface area contributed by atoms with Gasteiger partial charge in [-0.05, 0) is 90.6 Å². The first kappa shape index (κ1) is 32.5. The lowest BCUT2D eigenvalue weighted by molar-refractivity contribution is 0.368. The van der Waals surface area contributed by atoms with Gasteiger partial charge >= 0.3 is 7.25 Å². The number of hydrogen-bond donors (Lipinski definition) is 0. The van der Waals surface area contributed by atoms with Crippen molar-refractivity contribution in [2.45, 2.75) is 78.6 Å². The third kappa shape index (κ3) is 11.4. The molecule has 0 amide bonds. The molecule has 0 fully saturated rings. The van der Waals surface area contributed by atoms with Crippen LogP contribution in [0, 0.1) is 0 Å². The highest BCUT2D eigenvalue weighted by molar-refractivity contribution is 7.18. The van der Waals surface area contributed by atoms with Crippen LogP contribution < -0.4 is 0 Å². The zero-order valence-corrected chi connectivity index (χ0v) is 25.3. The molecule has 1 heterocycles. The van der Waals surface area contributed by atoms with Gasteiger partial charge in [0.05, 0.1) is 0 Å². The van der Waals surface area contributed by atoms with Crippen molar-refractivity contribution in [3.05, 3.63) is 102 Å². The minimum Gasteiger partial charge on any atom is -0.418 e. The third-order valence-corrected chi connectivity index (χ3v) is 8.16. The minimum absolute atomic E-state index is 1.17. The monoisotopic (exact) mass is 580 g/mol. The number of halogens is 4. The molecule has 0 saturated heterocycles. The molecule has 0 aliphatic heterocycles. The molecule has 1 aromatic heterocycles. The van der Waals surface area contributed by atoms with Crippen LogP contribution in [0.1, 0.15) is 76.0 Å². The molecule has 0 unspecified atom stereocenters. The van der Waals surface area contributed by atoms with Crippen molar-refractivity contribution in [3.63, 3.8) is 0 Å². The molecule has 0 N–H and O–H groups in total. The third-order valence-electron chi connectivity index (χ3n) is 7.01. The van der Waals surface area contributed by atoms with E-state index in [1.54, 1.807) is 0 Å². The van der Waals surface area contributed by atoms with E-state index in [1.165, 1.54) is 106 Å². The zero-order chi connectivity index (χ0) is 29.7. The molecule has 0 atom stereocenters. The highest BCUT2D eigenvalue weighted by Gasteiger charge is 2.21. The van der Waals surface area contributed by atoms with Gasteiger partial charge in [-0.25, -0.2) is 0 Å². The van der Waals surface area contributed by atoms with Crippen LogP contribution in [0.4, 0.5) is 17.3 Å². The summed E-state index contributed by atoms with van der Waals surface area (Å²) in [5, 5.41) is 0. The average Bonchev–Trinajstić information content (AvgIpc) is 2.97. The Morgan fingerprint density at radius 1 is 0.463 bits per heavy atom. The average molecular weight is 581 g/mol. The molecule has 3 aromatic carbocycles. The molecule has 0 nitrogen and oxygen atoms in total. The lowest BCUT2D eigenvalue weighted by atomic mass is 10.00. The molecular weight excluding hydrogens is 539 g/mol. The molecule has 218 valence electrons. The lowest BCUT2D eigenvalue weighted by Crippen LogP contribution is -2.02. The molecule has 0 saturated carbocycles. The molecular formula is C35H41BF4S. The van der Waals surface area contributed by atoms with Crippen molar-refractivity contribution in [3.8, 4) is 32.0 Å². The predicted octanol–water partition coefficient (Wildman–Crippen LogP) is 12.4. The molecule has 0 spiro atoms. The van der Waals surface area contributed by atoms with Gasteiger partial charge < -0.3 is 17.3 Å². The summed E-state index contributed by atoms with van der Waals surface area (Å²) in [5.74, 6) is 0. The van der Waals surface area contributed by atoms with E-state index in [4.69, 9.17) is 0 Å². The van der Waals surface area contributed by atoms with Crippen LogP contribution in [-0.2, 0) is 19.3 Å². The second kappa shape index (κ2) is 16.5. The van der Waals surface area contributed by atoms with E-state index in [2.05, 4.69) is 106 Å². The van der Waals surface area contributed by atoms with Crippen molar-refractivity contribution >= 4 is 18.6 Å². The first-order chi connectivity index (χ1) is 19.7. The largest absolute Gasteiger partial charge is 0.673 e. The van der Waals surface area contributed by atoms with Gasteiger partial charge in [0.1, 0.15) is 0 Å². The van der Waals surface area contributed by atoms with Crippen molar-refractivity contribution in [1.29, 1.82) is 0 Å². The van der Waals surface area contributed by atoms with Crippen molar-refractivity contribution in [1.82, 2.24) is 0 Å². The molecule has 0 aliphatic rings. The van der Waals surface area contributed by atoms with E-state index >= 15 is 0 Å². The topological polar surface area (TPSA) is 0 Å². The second-order valence-corrected chi connectivity index (χ2v) is 11.6. The molecule has 41 heavy (non-hydrogen) atoms. The number of aryl methyl sites for hydroxylation is 3. The molecule has 6 heteroatoms. The smallest absolute Gasteiger partial charge is 0.418 e. The van der Waals surface area contributed by atoms with E-state index in [9.17, 15) is 17.3 Å². The van der Waals surface area contributed by atoms with Gasteiger partial charge in [-0.3, -0.25) is 0 Å². The highest BCUT2D eigenvalue weighted by atomic mass is 32.1. The summed E-state index contributed by atoms with van der Waals surface area (Å²) in [6.07, 6.45) is 11.0. The van der Waals surface area contributed by atoms with E-state index in [0.717, 1.165) is 0 Å². The molecule has 0 radical (unpaired) electrons. The minimum atomic E-state index is -6.00. The fraction of sp³-hybridized carbons (Fsp3) is 0.343. The molecule has 0 aliphatic carbocycles. The van der Waals surface area contributed by atoms with E-state index in [0.29, 0.717) is 0 Å². The summed E-state index contributed by atoms with van der Waals surface area (Å²) in [4.78, 5) is 2.66. The second-order valence-electron chi connectivity index (χ2n) is 10.5. The maximum Gasteiger partial charge on any atom is 0.673 e. The zero-order valence-electron chi connectivity index (χ0n) is 24.4. The quantitative estimate of drug-likeness (QED) is 0.0888. The van der Waals surface area contributed by atoms with Crippen LogP contribution in [-0.4, -0.2) is 7.25 Å². The Labute approximate surface area is 247 Å². The van der Waals surface area contributed by atoms with Crippen LogP contribution in [0.25, 0.3) is 32.0 Å². The van der Waals surface area contributed by atoms with Gasteiger partial charge in [0.2, 0.25) is 21.1 Å². The molecule has 4 aromatic rings. The van der Waals surface area contributed by atoms with Crippen LogP contribution >= 0.6 is 11.3 Å². The first-order valence-electron chi connectivity index (χ1n) is 14.8. The molecule has 4 rings (SSSR count). The fourth-order valence-electron chi connectivity index (χ4n) is 4.63. The molecule has 0 bridgehead atoms. The van der Waals surface area contributed by atoms with Crippen LogP contribution in [0.5, 0.6) is 0 Å².